The molecule has 0 bridgehead atoms. The Balaban J connectivity index is 1.85. The average Bonchev–Trinajstić information content (AvgIpc) is 2.89. The Morgan fingerprint density at radius 3 is 3.00 bits per heavy atom. The zero-order valence-corrected chi connectivity index (χ0v) is 11.7. The van der Waals surface area contributed by atoms with Crippen LogP contribution in [0.25, 0.3) is 0 Å². The molecule has 3 unspecified atom stereocenters. The van der Waals surface area contributed by atoms with Gasteiger partial charge in [0.15, 0.2) is 0 Å². The van der Waals surface area contributed by atoms with E-state index in [1.807, 2.05) is 18.7 Å². The molecule has 3 atom stereocenters. The quantitative estimate of drug-likeness (QED) is 0.834. The van der Waals surface area contributed by atoms with Gasteiger partial charge in [-0.25, -0.2) is 0 Å². The molecule has 1 fully saturated rings. The van der Waals surface area contributed by atoms with E-state index in [1.165, 1.54) is 25.0 Å². The van der Waals surface area contributed by atoms with Crippen LogP contribution in [-0.2, 0) is 0 Å². The Morgan fingerprint density at radius 2 is 2.35 bits per heavy atom. The van der Waals surface area contributed by atoms with Crippen molar-refractivity contribution < 1.29 is 4.42 Å². The Labute approximate surface area is 111 Å². The zero-order chi connectivity index (χ0) is 12.3. The number of anilines is 1. The molecule has 0 aromatic carbocycles. The lowest BCUT2D eigenvalue weighted by Gasteiger charge is -2.10. The highest BCUT2D eigenvalue weighted by molar-refractivity contribution is 7.99. The van der Waals surface area contributed by atoms with Crippen LogP contribution in [-0.4, -0.2) is 27.2 Å². The molecular weight excluding hydrogens is 258 g/mol. The lowest BCUT2D eigenvalue weighted by atomic mass is 10.3. The van der Waals surface area contributed by atoms with Gasteiger partial charge in [-0.3, -0.25) is 0 Å². The maximum absolute atomic E-state index is 5.87. The van der Waals surface area contributed by atoms with Crippen LogP contribution in [0, 0.1) is 0 Å². The molecule has 0 radical (unpaired) electrons. The van der Waals surface area contributed by atoms with Crippen molar-refractivity contribution in [2.45, 2.75) is 49.8 Å². The fourth-order valence-corrected chi connectivity index (χ4v) is 3.32. The second kappa shape index (κ2) is 5.96. The van der Waals surface area contributed by atoms with Gasteiger partial charge < -0.3 is 9.73 Å². The van der Waals surface area contributed by atoms with Gasteiger partial charge >= 0.3 is 6.01 Å². The molecule has 17 heavy (non-hydrogen) atoms. The maximum atomic E-state index is 5.87. The summed E-state index contributed by atoms with van der Waals surface area (Å²) in [6, 6.07) is 0.956. The van der Waals surface area contributed by atoms with Crippen LogP contribution in [0.15, 0.2) is 4.42 Å². The summed E-state index contributed by atoms with van der Waals surface area (Å²) in [6.45, 7) is 4.03. The molecule has 4 nitrogen and oxygen atoms in total. The lowest BCUT2D eigenvalue weighted by molar-refractivity contribution is 0.499. The summed E-state index contributed by atoms with van der Waals surface area (Å²) < 4.78 is 5.43. The van der Waals surface area contributed by atoms with Crippen LogP contribution in [0.1, 0.15) is 44.4 Å². The molecular formula is C11H18ClN3OS. The predicted octanol–water partition coefficient (Wildman–Crippen LogP) is 3.46. The van der Waals surface area contributed by atoms with Gasteiger partial charge in [-0.1, -0.05) is 12.0 Å². The maximum Gasteiger partial charge on any atom is 0.315 e. The number of nitrogens with zero attached hydrogens (tertiary/aromatic N) is 2. The number of rotatable bonds is 5. The summed E-state index contributed by atoms with van der Waals surface area (Å²) in [5.74, 6) is 1.66. The molecule has 0 amide bonds. The first-order valence-corrected chi connectivity index (χ1v) is 7.53. The SMILES string of the molecule is CCSC1CCC(Nc2nnc(C(C)Cl)o2)C1. The largest absolute Gasteiger partial charge is 0.406 e. The molecule has 1 aromatic heterocycles. The molecule has 0 saturated heterocycles. The normalized spacial score (nSPS) is 26.1. The van der Waals surface area contributed by atoms with E-state index in [0.717, 1.165) is 5.25 Å². The monoisotopic (exact) mass is 275 g/mol. The predicted molar refractivity (Wildman–Crippen MR) is 71.7 cm³/mol. The fraction of sp³-hybridized carbons (Fsp3) is 0.818. The smallest absolute Gasteiger partial charge is 0.315 e. The Kier molecular flexibility index (Phi) is 4.56. The first-order valence-electron chi connectivity index (χ1n) is 6.04. The summed E-state index contributed by atoms with van der Waals surface area (Å²) in [6.07, 6.45) is 3.61. The van der Waals surface area contributed by atoms with Crippen molar-refractivity contribution in [1.82, 2.24) is 10.2 Å². The molecule has 1 heterocycles. The first kappa shape index (κ1) is 13.0. The number of nitrogens with one attached hydrogen (secondary N) is 1. The molecule has 1 aromatic rings. The van der Waals surface area contributed by atoms with Crippen molar-refractivity contribution in [2.24, 2.45) is 0 Å². The molecule has 1 aliphatic carbocycles. The minimum absolute atomic E-state index is 0.231. The highest BCUT2D eigenvalue weighted by Gasteiger charge is 2.25. The fourth-order valence-electron chi connectivity index (χ4n) is 2.09. The van der Waals surface area contributed by atoms with Crippen LogP contribution in [0.4, 0.5) is 6.01 Å². The lowest BCUT2D eigenvalue weighted by Crippen LogP contribution is -2.16. The second-order valence-corrected chi connectivity index (χ2v) is 6.53. The van der Waals surface area contributed by atoms with Gasteiger partial charge in [0.25, 0.3) is 0 Å². The van der Waals surface area contributed by atoms with Crippen molar-refractivity contribution in [2.75, 3.05) is 11.1 Å². The third-order valence-electron chi connectivity index (χ3n) is 2.90. The van der Waals surface area contributed by atoms with Crippen molar-refractivity contribution in [3.63, 3.8) is 0 Å². The van der Waals surface area contributed by atoms with E-state index in [-0.39, 0.29) is 5.38 Å². The summed E-state index contributed by atoms with van der Waals surface area (Å²) in [4.78, 5) is 0. The molecule has 1 saturated carbocycles. The zero-order valence-electron chi connectivity index (χ0n) is 10.1. The number of aromatic nitrogens is 2. The van der Waals surface area contributed by atoms with E-state index in [9.17, 15) is 0 Å². The van der Waals surface area contributed by atoms with Gasteiger partial charge in [0.1, 0.15) is 5.38 Å². The van der Waals surface area contributed by atoms with Crippen LogP contribution in [0.5, 0.6) is 0 Å². The van der Waals surface area contributed by atoms with E-state index in [4.69, 9.17) is 16.0 Å². The summed E-state index contributed by atoms with van der Waals surface area (Å²) in [5.41, 5.74) is 0. The average molecular weight is 276 g/mol. The molecule has 0 spiro atoms. The van der Waals surface area contributed by atoms with Gasteiger partial charge in [0.2, 0.25) is 5.89 Å². The van der Waals surface area contributed by atoms with Crippen molar-refractivity contribution in [3.05, 3.63) is 5.89 Å². The van der Waals surface area contributed by atoms with E-state index in [0.29, 0.717) is 17.9 Å². The van der Waals surface area contributed by atoms with Crippen molar-refractivity contribution in [3.8, 4) is 0 Å². The van der Waals surface area contributed by atoms with Crippen LogP contribution in [0.3, 0.4) is 0 Å². The van der Waals surface area contributed by atoms with Crippen LogP contribution in [0.2, 0.25) is 0 Å². The Bertz CT molecular complexity index is 358. The first-order chi connectivity index (χ1) is 8.19. The summed E-state index contributed by atoms with van der Waals surface area (Å²) in [7, 11) is 0. The number of thioether (sulfide) groups is 1. The molecule has 96 valence electrons. The van der Waals surface area contributed by atoms with E-state index < -0.39 is 0 Å². The molecule has 1 N–H and O–H groups in total. The Morgan fingerprint density at radius 1 is 1.53 bits per heavy atom. The van der Waals surface area contributed by atoms with Gasteiger partial charge in [-0.2, -0.15) is 11.8 Å². The van der Waals surface area contributed by atoms with Gasteiger partial charge in [0, 0.05) is 11.3 Å². The highest BCUT2D eigenvalue weighted by Crippen LogP contribution is 2.31. The van der Waals surface area contributed by atoms with Gasteiger partial charge in [0.05, 0.1) is 0 Å². The van der Waals surface area contributed by atoms with Gasteiger partial charge in [-0.05, 0) is 31.9 Å². The van der Waals surface area contributed by atoms with Gasteiger partial charge in [-0.15, -0.1) is 16.7 Å². The topological polar surface area (TPSA) is 51.0 Å². The number of hydrogen-bond acceptors (Lipinski definition) is 5. The molecule has 6 heteroatoms. The number of hydrogen-bond donors (Lipinski definition) is 1. The second-order valence-electron chi connectivity index (χ2n) is 4.29. The summed E-state index contributed by atoms with van der Waals surface area (Å²) in [5, 5.41) is 11.7. The Hall–Kier alpha value is -0.420. The van der Waals surface area contributed by atoms with E-state index in [2.05, 4.69) is 22.4 Å². The van der Waals surface area contributed by atoms with Crippen molar-refractivity contribution >= 4 is 29.4 Å². The molecule has 0 aliphatic heterocycles. The molecule has 2 rings (SSSR count). The minimum Gasteiger partial charge on any atom is -0.406 e. The molecule has 1 aliphatic rings. The van der Waals surface area contributed by atoms with E-state index in [1.54, 1.807) is 0 Å². The number of alkyl halides is 1. The van der Waals surface area contributed by atoms with E-state index >= 15 is 0 Å². The summed E-state index contributed by atoms with van der Waals surface area (Å²) >= 11 is 7.91. The third-order valence-corrected chi connectivity index (χ3v) is 4.31. The standard InChI is InChI=1S/C11H18ClN3OS/c1-3-17-9-5-4-8(6-9)13-11-15-14-10(16-11)7(2)12/h7-9H,3-6H2,1-2H3,(H,13,15). The third kappa shape index (κ3) is 3.52. The van der Waals surface area contributed by atoms with Crippen LogP contribution < -0.4 is 5.32 Å². The minimum atomic E-state index is -0.231. The number of halogens is 1. The highest BCUT2D eigenvalue weighted by atomic mass is 35.5. The van der Waals surface area contributed by atoms with Crippen molar-refractivity contribution in [1.29, 1.82) is 0 Å². The van der Waals surface area contributed by atoms with Crippen LogP contribution >= 0.6 is 23.4 Å².